The number of hydrogen-bond donors (Lipinski definition) is 1. The first kappa shape index (κ1) is 11.7. The molecule has 86 valence electrons. The molecule has 0 saturated heterocycles. The van der Waals surface area contributed by atoms with Crippen molar-refractivity contribution in [1.82, 2.24) is 0 Å². The minimum Gasteiger partial charge on any atom is -0.478 e. The molecule has 2 nitrogen and oxygen atoms in total. The van der Waals surface area contributed by atoms with Crippen LogP contribution in [0.2, 0.25) is 5.02 Å². The van der Waals surface area contributed by atoms with Gasteiger partial charge in [-0.25, -0.2) is 4.79 Å². The fraction of sp³-hybridized carbons (Fsp3) is 0.0714. The predicted molar refractivity (Wildman–Crippen MR) is 68.6 cm³/mol. The van der Waals surface area contributed by atoms with E-state index in [1.807, 2.05) is 31.2 Å². The standard InChI is InChI=1S/C14H11ClO2/c1-9-2-4-10(5-3-9)12-7-6-11(15)8-13(12)14(16)17/h2-8H,1H3,(H,16,17). The molecule has 0 unspecified atom stereocenters. The lowest BCUT2D eigenvalue weighted by atomic mass is 9.99. The van der Waals surface area contributed by atoms with Crippen molar-refractivity contribution in [2.45, 2.75) is 6.92 Å². The number of hydrogen-bond acceptors (Lipinski definition) is 1. The van der Waals surface area contributed by atoms with Crippen LogP contribution >= 0.6 is 11.6 Å². The molecule has 3 heteroatoms. The highest BCUT2D eigenvalue weighted by Crippen LogP contribution is 2.26. The van der Waals surface area contributed by atoms with Crippen molar-refractivity contribution >= 4 is 17.6 Å². The van der Waals surface area contributed by atoms with Crippen LogP contribution < -0.4 is 0 Å². The van der Waals surface area contributed by atoms with E-state index >= 15 is 0 Å². The molecule has 2 aromatic carbocycles. The molecule has 0 heterocycles. The van der Waals surface area contributed by atoms with Crippen LogP contribution in [0.1, 0.15) is 15.9 Å². The van der Waals surface area contributed by atoms with E-state index in [1.54, 1.807) is 12.1 Å². The molecule has 0 spiro atoms. The lowest BCUT2D eigenvalue weighted by molar-refractivity contribution is 0.0697. The lowest BCUT2D eigenvalue weighted by Gasteiger charge is -2.07. The molecule has 2 rings (SSSR count). The van der Waals surface area contributed by atoms with Crippen molar-refractivity contribution in [3.8, 4) is 11.1 Å². The Kier molecular flexibility index (Phi) is 3.16. The molecule has 0 atom stereocenters. The molecule has 0 aliphatic rings. The van der Waals surface area contributed by atoms with Crippen LogP contribution in [0.3, 0.4) is 0 Å². The molecule has 17 heavy (non-hydrogen) atoms. The molecule has 0 amide bonds. The van der Waals surface area contributed by atoms with Gasteiger partial charge < -0.3 is 5.11 Å². The van der Waals surface area contributed by atoms with Crippen molar-refractivity contribution in [1.29, 1.82) is 0 Å². The fourth-order valence-corrected chi connectivity index (χ4v) is 1.85. The average molecular weight is 247 g/mol. The summed E-state index contributed by atoms with van der Waals surface area (Å²) in [4.78, 5) is 11.2. The molecule has 0 fully saturated rings. The van der Waals surface area contributed by atoms with E-state index in [1.165, 1.54) is 6.07 Å². The number of halogens is 1. The average Bonchev–Trinajstić information content (AvgIpc) is 2.30. The molecular weight excluding hydrogens is 236 g/mol. The van der Waals surface area contributed by atoms with Gasteiger partial charge >= 0.3 is 5.97 Å². The maximum Gasteiger partial charge on any atom is 0.336 e. The monoisotopic (exact) mass is 246 g/mol. The third-order valence-corrected chi connectivity index (χ3v) is 2.81. The van der Waals surface area contributed by atoms with Crippen LogP contribution in [-0.4, -0.2) is 11.1 Å². The number of carboxylic acids is 1. The van der Waals surface area contributed by atoms with Gasteiger partial charge in [-0.1, -0.05) is 47.5 Å². The summed E-state index contributed by atoms with van der Waals surface area (Å²) in [6.07, 6.45) is 0. The van der Waals surface area contributed by atoms with E-state index < -0.39 is 5.97 Å². The van der Waals surface area contributed by atoms with E-state index in [9.17, 15) is 4.79 Å². The van der Waals surface area contributed by atoms with Gasteiger partial charge in [-0.2, -0.15) is 0 Å². The summed E-state index contributed by atoms with van der Waals surface area (Å²) in [6, 6.07) is 12.6. The van der Waals surface area contributed by atoms with E-state index in [4.69, 9.17) is 16.7 Å². The van der Waals surface area contributed by atoms with E-state index in [0.717, 1.165) is 11.1 Å². The Bertz CT molecular complexity index is 559. The Balaban J connectivity index is 2.58. The van der Waals surface area contributed by atoms with Gasteiger partial charge in [0.1, 0.15) is 0 Å². The first-order valence-electron chi connectivity index (χ1n) is 5.18. The molecule has 0 aliphatic heterocycles. The SMILES string of the molecule is Cc1ccc(-c2ccc(Cl)cc2C(=O)O)cc1. The number of benzene rings is 2. The van der Waals surface area contributed by atoms with Crippen LogP contribution in [0, 0.1) is 6.92 Å². The van der Waals surface area contributed by atoms with Gasteiger partial charge in [-0.05, 0) is 30.2 Å². The Labute approximate surface area is 104 Å². The van der Waals surface area contributed by atoms with Crippen LogP contribution in [0.5, 0.6) is 0 Å². The van der Waals surface area contributed by atoms with Gasteiger partial charge in [0.2, 0.25) is 0 Å². The van der Waals surface area contributed by atoms with Crippen molar-refractivity contribution in [3.05, 3.63) is 58.6 Å². The number of aromatic carboxylic acids is 1. The fourth-order valence-electron chi connectivity index (χ4n) is 1.68. The summed E-state index contributed by atoms with van der Waals surface area (Å²) in [7, 11) is 0. The number of carboxylic acid groups (broad SMARTS) is 1. The molecule has 0 bridgehead atoms. The molecule has 0 radical (unpaired) electrons. The van der Waals surface area contributed by atoms with Crippen LogP contribution in [0.15, 0.2) is 42.5 Å². The lowest BCUT2D eigenvalue weighted by Crippen LogP contribution is -1.99. The molecule has 2 aromatic rings. The highest BCUT2D eigenvalue weighted by Gasteiger charge is 2.11. The summed E-state index contributed by atoms with van der Waals surface area (Å²) < 4.78 is 0. The minimum absolute atomic E-state index is 0.223. The number of rotatable bonds is 2. The topological polar surface area (TPSA) is 37.3 Å². The van der Waals surface area contributed by atoms with Gasteiger partial charge in [0.05, 0.1) is 5.56 Å². The quantitative estimate of drug-likeness (QED) is 0.869. The first-order valence-corrected chi connectivity index (χ1v) is 5.55. The Morgan fingerprint density at radius 3 is 2.35 bits per heavy atom. The highest BCUT2D eigenvalue weighted by atomic mass is 35.5. The largest absolute Gasteiger partial charge is 0.478 e. The van der Waals surface area contributed by atoms with Crippen LogP contribution in [0.4, 0.5) is 0 Å². The number of aryl methyl sites for hydroxylation is 1. The van der Waals surface area contributed by atoms with Gasteiger partial charge in [-0.3, -0.25) is 0 Å². The predicted octanol–water partition coefficient (Wildman–Crippen LogP) is 4.01. The zero-order valence-corrected chi connectivity index (χ0v) is 10.0. The maximum atomic E-state index is 11.2. The summed E-state index contributed by atoms with van der Waals surface area (Å²) in [5, 5.41) is 9.58. The van der Waals surface area contributed by atoms with Crippen LogP contribution in [0.25, 0.3) is 11.1 Å². The molecule has 0 aromatic heterocycles. The second-order valence-electron chi connectivity index (χ2n) is 3.86. The zero-order chi connectivity index (χ0) is 12.4. The van der Waals surface area contributed by atoms with Gasteiger partial charge in [0.25, 0.3) is 0 Å². The second kappa shape index (κ2) is 4.60. The Morgan fingerprint density at radius 1 is 1.12 bits per heavy atom. The first-order chi connectivity index (χ1) is 8.08. The molecule has 0 aliphatic carbocycles. The third kappa shape index (κ3) is 2.48. The van der Waals surface area contributed by atoms with Gasteiger partial charge in [0, 0.05) is 5.02 Å². The van der Waals surface area contributed by atoms with Crippen molar-refractivity contribution in [3.63, 3.8) is 0 Å². The normalized spacial score (nSPS) is 10.2. The smallest absolute Gasteiger partial charge is 0.336 e. The Morgan fingerprint density at radius 2 is 1.76 bits per heavy atom. The zero-order valence-electron chi connectivity index (χ0n) is 9.27. The third-order valence-electron chi connectivity index (χ3n) is 2.57. The highest BCUT2D eigenvalue weighted by molar-refractivity contribution is 6.31. The summed E-state index contributed by atoms with van der Waals surface area (Å²) >= 11 is 5.81. The maximum absolute atomic E-state index is 11.2. The van der Waals surface area contributed by atoms with E-state index in [-0.39, 0.29) is 5.56 Å². The summed E-state index contributed by atoms with van der Waals surface area (Å²) in [5.41, 5.74) is 2.92. The minimum atomic E-state index is -0.969. The molecule has 1 N–H and O–H groups in total. The summed E-state index contributed by atoms with van der Waals surface area (Å²) in [5.74, 6) is -0.969. The molecule has 0 saturated carbocycles. The summed E-state index contributed by atoms with van der Waals surface area (Å²) in [6.45, 7) is 1.99. The molecular formula is C14H11ClO2. The second-order valence-corrected chi connectivity index (χ2v) is 4.30. The van der Waals surface area contributed by atoms with E-state index in [2.05, 4.69) is 0 Å². The number of carbonyl (C=O) groups is 1. The van der Waals surface area contributed by atoms with Crippen molar-refractivity contribution in [2.75, 3.05) is 0 Å². The van der Waals surface area contributed by atoms with E-state index in [0.29, 0.717) is 10.6 Å². The van der Waals surface area contributed by atoms with Gasteiger partial charge in [-0.15, -0.1) is 0 Å². The van der Waals surface area contributed by atoms with Crippen molar-refractivity contribution < 1.29 is 9.90 Å². The van der Waals surface area contributed by atoms with Crippen molar-refractivity contribution in [2.24, 2.45) is 0 Å². The Hall–Kier alpha value is -1.80. The van der Waals surface area contributed by atoms with Gasteiger partial charge in [0.15, 0.2) is 0 Å². The van der Waals surface area contributed by atoms with Crippen LogP contribution in [-0.2, 0) is 0 Å².